The Kier molecular flexibility index (Phi) is 3.70. The predicted molar refractivity (Wildman–Crippen MR) is 86.1 cm³/mol. The summed E-state index contributed by atoms with van der Waals surface area (Å²) in [6.07, 6.45) is 8.01. The van der Waals surface area contributed by atoms with Crippen LogP contribution in [0.3, 0.4) is 0 Å². The molecular formula is C17H28N2S. The zero-order chi connectivity index (χ0) is 14.4. The molecule has 0 radical (unpaired) electrons. The number of rotatable bonds is 3. The molecule has 20 heavy (non-hydrogen) atoms. The predicted octanol–water partition coefficient (Wildman–Crippen LogP) is 4.64. The van der Waals surface area contributed by atoms with E-state index in [0.29, 0.717) is 11.3 Å². The molecule has 0 saturated heterocycles. The largest absolute Gasteiger partial charge is 0.302 e. The first-order valence-electron chi connectivity index (χ1n) is 8.12. The third-order valence-corrected chi connectivity index (χ3v) is 6.13. The fraction of sp³-hybridized carbons (Fsp3) is 0.824. The molecule has 0 amide bonds. The Balaban J connectivity index is 2.01. The first-order chi connectivity index (χ1) is 9.42. The third kappa shape index (κ3) is 2.67. The second kappa shape index (κ2) is 5.10. The van der Waals surface area contributed by atoms with Crippen LogP contribution in [0.4, 0.5) is 0 Å². The van der Waals surface area contributed by atoms with E-state index in [2.05, 4.69) is 38.4 Å². The van der Waals surface area contributed by atoms with Gasteiger partial charge < -0.3 is 5.32 Å². The Morgan fingerprint density at radius 3 is 2.55 bits per heavy atom. The highest BCUT2D eigenvalue weighted by molar-refractivity contribution is 7.09. The number of nitrogens with one attached hydrogen (secondary N) is 1. The average molecular weight is 292 g/mol. The SMILES string of the molecule is Cc1csc(C2(NC3CC3)CCCCC2C(C)(C)C)n1. The number of nitrogens with zero attached hydrogens (tertiary/aromatic N) is 1. The minimum Gasteiger partial charge on any atom is -0.302 e. The molecule has 2 aliphatic rings. The molecule has 2 nitrogen and oxygen atoms in total. The zero-order valence-electron chi connectivity index (χ0n) is 13.3. The van der Waals surface area contributed by atoms with Crippen LogP contribution < -0.4 is 5.32 Å². The monoisotopic (exact) mass is 292 g/mol. The van der Waals surface area contributed by atoms with Gasteiger partial charge in [0.2, 0.25) is 0 Å². The van der Waals surface area contributed by atoms with Crippen molar-refractivity contribution in [2.45, 2.75) is 77.8 Å². The highest BCUT2D eigenvalue weighted by Gasteiger charge is 2.50. The van der Waals surface area contributed by atoms with Crippen LogP contribution in [0.5, 0.6) is 0 Å². The summed E-state index contributed by atoms with van der Waals surface area (Å²) in [4.78, 5) is 4.91. The van der Waals surface area contributed by atoms with Gasteiger partial charge in [-0.05, 0) is 43.9 Å². The van der Waals surface area contributed by atoms with E-state index in [9.17, 15) is 0 Å². The molecule has 112 valence electrons. The van der Waals surface area contributed by atoms with Crippen molar-refractivity contribution in [3.63, 3.8) is 0 Å². The maximum atomic E-state index is 4.91. The highest BCUT2D eigenvalue weighted by atomic mass is 32.1. The van der Waals surface area contributed by atoms with Crippen LogP contribution in [0.25, 0.3) is 0 Å². The Labute approximate surface area is 127 Å². The average Bonchev–Trinajstić information content (AvgIpc) is 3.07. The molecule has 1 heterocycles. The van der Waals surface area contributed by atoms with Crippen LogP contribution >= 0.6 is 11.3 Å². The molecule has 0 spiro atoms. The number of hydrogen-bond acceptors (Lipinski definition) is 3. The molecule has 3 rings (SSSR count). The van der Waals surface area contributed by atoms with Crippen LogP contribution in [0, 0.1) is 18.3 Å². The van der Waals surface area contributed by atoms with E-state index in [4.69, 9.17) is 4.98 Å². The van der Waals surface area contributed by atoms with Crippen molar-refractivity contribution in [3.8, 4) is 0 Å². The first kappa shape index (κ1) is 14.5. The van der Waals surface area contributed by atoms with E-state index < -0.39 is 0 Å². The lowest BCUT2D eigenvalue weighted by Gasteiger charge is -2.50. The standard InChI is InChI=1S/C17H28N2S/c1-12-11-20-15(18-12)17(19-13-8-9-13)10-6-5-7-14(17)16(2,3)4/h11,13-14,19H,5-10H2,1-4H3. The summed E-state index contributed by atoms with van der Waals surface area (Å²) in [5.74, 6) is 0.690. The number of aryl methyl sites for hydroxylation is 1. The van der Waals surface area contributed by atoms with Gasteiger partial charge in [0.05, 0.1) is 5.54 Å². The number of hydrogen-bond donors (Lipinski definition) is 1. The molecule has 1 aromatic heterocycles. The lowest BCUT2D eigenvalue weighted by Crippen LogP contribution is -2.55. The normalized spacial score (nSPS) is 31.5. The lowest BCUT2D eigenvalue weighted by atomic mass is 9.62. The summed E-state index contributed by atoms with van der Waals surface area (Å²) in [6, 6.07) is 0.738. The van der Waals surface area contributed by atoms with E-state index in [1.54, 1.807) is 0 Å². The van der Waals surface area contributed by atoms with Gasteiger partial charge >= 0.3 is 0 Å². The van der Waals surface area contributed by atoms with Gasteiger partial charge in [0.25, 0.3) is 0 Å². The Hall–Kier alpha value is -0.410. The van der Waals surface area contributed by atoms with Gasteiger partial charge in [-0.3, -0.25) is 0 Å². The van der Waals surface area contributed by atoms with E-state index in [0.717, 1.165) is 6.04 Å². The Morgan fingerprint density at radius 1 is 1.25 bits per heavy atom. The van der Waals surface area contributed by atoms with Gasteiger partial charge in [0, 0.05) is 17.1 Å². The van der Waals surface area contributed by atoms with Gasteiger partial charge in [0.15, 0.2) is 0 Å². The van der Waals surface area contributed by atoms with Gasteiger partial charge in [-0.15, -0.1) is 11.3 Å². The van der Waals surface area contributed by atoms with Gasteiger partial charge in [-0.2, -0.15) is 0 Å². The van der Waals surface area contributed by atoms with Crippen molar-refractivity contribution in [1.29, 1.82) is 0 Å². The minimum absolute atomic E-state index is 0.136. The summed E-state index contributed by atoms with van der Waals surface area (Å²) >= 11 is 1.87. The first-order valence-corrected chi connectivity index (χ1v) is 9.00. The molecule has 0 aliphatic heterocycles. The van der Waals surface area contributed by atoms with Crippen LogP contribution in [0.2, 0.25) is 0 Å². The molecule has 2 unspecified atom stereocenters. The highest BCUT2D eigenvalue weighted by Crippen LogP contribution is 2.51. The van der Waals surface area contributed by atoms with Crippen molar-refractivity contribution in [3.05, 3.63) is 16.1 Å². The smallest absolute Gasteiger partial charge is 0.113 e. The summed E-state index contributed by atoms with van der Waals surface area (Å²) in [7, 11) is 0. The summed E-state index contributed by atoms with van der Waals surface area (Å²) < 4.78 is 0. The van der Waals surface area contributed by atoms with Crippen molar-refractivity contribution in [2.24, 2.45) is 11.3 Å². The quantitative estimate of drug-likeness (QED) is 0.878. The minimum atomic E-state index is 0.136. The van der Waals surface area contributed by atoms with Crippen LogP contribution in [-0.2, 0) is 5.54 Å². The molecule has 2 aliphatic carbocycles. The molecule has 1 N–H and O–H groups in total. The molecular weight excluding hydrogens is 264 g/mol. The van der Waals surface area contributed by atoms with Crippen LogP contribution in [0.15, 0.2) is 5.38 Å². The van der Waals surface area contributed by atoms with Gasteiger partial charge in [0.1, 0.15) is 5.01 Å². The molecule has 0 bridgehead atoms. The van der Waals surface area contributed by atoms with E-state index in [-0.39, 0.29) is 5.54 Å². The Morgan fingerprint density at radius 2 is 2.00 bits per heavy atom. The van der Waals surface area contributed by atoms with E-state index >= 15 is 0 Å². The lowest BCUT2D eigenvalue weighted by molar-refractivity contribution is 0.0460. The molecule has 1 aromatic rings. The van der Waals surface area contributed by atoms with E-state index in [1.807, 2.05) is 11.3 Å². The number of thiazole rings is 1. The van der Waals surface area contributed by atoms with Crippen molar-refractivity contribution in [2.75, 3.05) is 0 Å². The zero-order valence-corrected chi connectivity index (χ0v) is 14.1. The second-order valence-electron chi connectivity index (χ2n) is 7.85. The molecule has 2 atom stereocenters. The number of aromatic nitrogens is 1. The van der Waals surface area contributed by atoms with Crippen molar-refractivity contribution in [1.82, 2.24) is 10.3 Å². The maximum absolute atomic E-state index is 4.91. The summed E-state index contributed by atoms with van der Waals surface area (Å²) in [5, 5.41) is 7.61. The summed E-state index contributed by atoms with van der Waals surface area (Å²) in [6.45, 7) is 9.35. The van der Waals surface area contributed by atoms with E-state index in [1.165, 1.54) is 49.2 Å². The fourth-order valence-electron chi connectivity index (χ4n) is 3.99. The molecule has 0 aromatic carbocycles. The maximum Gasteiger partial charge on any atom is 0.113 e. The topological polar surface area (TPSA) is 24.9 Å². The van der Waals surface area contributed by atoms with Gasteiger partial charge in [-0.1, -0.05) is 33.6 Å². The molecule has 2 fully saturated rings. The van der Waals surface area contributed by atoms with Gasteiger partial charge in [-0.25, -0.2) is 4.98 Å². The second-order valence-corrected chi connectivity index (χ2v) is 8.71. The fourth-order valence-corrected chi connectivity index (χ4v) is 5.03. The van der Waals surface area contributed by atoms with Crippen molar-refractivity contribution >= 4 is 11.3 Å². The Bertz CT molecular complexity index is 470. The van der Waals surface area contributed by atoms with Crippen LogP contribution in [0.1, 0.15) is 70.0 Å². The molecule has 3 heteroatoms. The molecule has 2 saturated carbocycles. The van der Waals surface area contributed by atoms with Crippen molar-refractivity contribution < 1.29 is 0 Å². The summed E-state index contributed by atoms with van der Waals surface area (Å²) in [5.41, 5.74) is 1.65. The van der Waals surface area contributed by atoms with Crippen LogP contribution in [-0.4, -0.2) is 11.0 Å². The third-order valence-electron chi connectivity index (χ3n) is 4.99.